The third kappa shape index (κ3) is 3.93. The lowest BCUT2D eigenvalue weighted by Gasteiger charge is -2.16. The first kappa shape index (κ1) is 16.9. The van der Waals surface area contributed by atoms with Crippen molar-refractivity contribution in [3.8, 4) is 10.6 Å². The lowest BCUT2D eigenvalue weighted by molar-refractivity contribution is 0.0956. The van der Waals surface area contributed by atoms with Crippen LogP contribution in [0.15, 0.2) is 29.3 Å². The Kier molecular flexibility index (Phi) is 5.45. The van der Waals surface area contributed by atoms with Gasteiger partial charge in [0.1, 0.15) is 5.01 Å². The molecule has 128 valence electrons. The van der Waals surface area contributed by atoms with Crippen LogP contribution in [0.5, 0.6) is 0 Å². The van der Waals surface area contributed by atoms with E-state index in [4.69, 9.17) is 4.99 Å². The van der Waals surface area contributed by atoms with E-state index in [0.717, 1.165) is 15.4 Å². The number of rotatable bonds is 4. The molecule has 2 aromatic rings. The molecule has 1 aliphatic carbocycles. The highest BCUT2D eigenvalue weighted by atomic mass is 32.1. The second-order valence-corrected chi connectivity index (χ2v) is 7.13. The molecule has 24 heavy (non-hydrogen) atoms. The molecule has 0 aliphatic heterocycles. The third-order valence-electron chi connectivity index (χ3n) is 4.30. The van der Waals surface area contributed by atoms with Gasteiger partial charge in [0.15, 0.2) is 0 Å². The number of carbonyl (C=O) groups is 1. The summed E-state index contributed by atoms with van der Waals surface area (Å²) in [6.07, 6.45) is 6.28. The highest BCUT2D eigenvalue weighted by Crippen LogP contribution is 2.22. The molecule has 6 heteroatoms. The van der Waals surface area contributed by atoms with Crippen LogP contribution >= 0.6 is 11.3 Å². The fourth-order valence-electron chi connectivity index (χ4n) is 2.97. The van der Waals surface area contributed by atoms with Crippen molar-refractivity contribution in [2.24, 2.45) is 12.0 Å². The van der Waals surface area contributed by atoms with Gasteiger partial charge in [-0.25, -0.2) is 4.68 Å². The van der Waals surface area contributed by atoms with Crippen molar-refractivity contribution >= 4 is 17.2 Å². The standard InChI is InChI=1S/C18H24N4OS/c1-3-19-16(23)13-9-11-14(12-10-13)17-21-22(2)18(24-17)20-15-7-5-4-6-8-15/h9-12,15H,3-8H2,1-2H3,(H,19,23)/b20-18+. The number of carbonyl (C=O) groups excluding carboxylic acids is 1. The molecular weight excluding hydrogens is 320 g/mol. The Morgan fingerprint density at radius 2 is 2.00 bits per heavy atom. The number of hydrogen-bond donors (Lipinski definition) is 1. The maximum absolute atomic E-state index is 11.8. The Morgan fingerprint density at radius 1 is 1.29 bits per heavy atom. The van der Waals surface area contributed by atoms with Crippen LogP contribution in [0.25, 0.3) is 10.6 Å². The van der Waals surface area contributed by atoms with Gasteiger partial charge in [-0.3, -0.25) is 9.79 Å². The molecular formula is C18H24N4OS. The summed E-state index contributed by atoms with van der Waals surface area (Å²) >= 11 is 1.62. The number of nitrogens with one attached hydrogen (secondary N) is 1. The molecule has 1 aromatic carbocycles. The molecule has 0 atom stereocenters. The van der Waals surface area contributed by atoms with Crippen molar-refractivity contribution in [3.05, 3.63) is 34.6 Å². The normalized spacial score (nSPS) is 16.3. The van der Waals surface area contributed by atoms with Crippen molar-refractivity contribution in [2.45, 2.75) is 45.1 Å². The number of amides is 1. The molecule has 1 aliphatic rings. The quantitative estimate of drug-likeness (QED) is 0.926. The summed E-state index contributed by atoms with van der Waals surface area (Å²) < 4.78 is 1.87. The van der Waals surface area contributed by atoms with E-state index >= 15 is 0 Å². The van der Waals surface area contributed by atoms with Crippen molar-refractivity contribution in [3.63, 3.8) is 0 Å². The minimum absolute atomic E-state index is 0.0401. The molecule has 1 heterocycles. The van der Waals surface area contributed by atoms with Crippen LogP contribution in [0.3, 0.4) is 0 Å². The summed E-state index contributed by atoms with van der Waals surface area (Å²) in [6, 6.07) is 8.04. The molecule has 1 fully saturated rings. The van der Waals surface area contributed by atoms with E-state index in [1.54, 1.807) is 11.3 Å². The Balaban J connectivity index is 1.81. The van der Waals surface area contributed by atoms with Crippen LogP contribution in [0, 0.1) is 0 Å². The van der Waals surface area contributed by atoms with E-state index in [0.29, 0.717) is 18.2 Å². The summed E-state index contributed by atoms with van der Waals surface area (Å²) in [5, 5.41) is 8.35. The maximum Gasteiger partial charge on any atom is 0.251 e. The van der Waals surface area contributed by atoms with Gasteiger partial charge in [-0.15, -0.1) is 0 Å². The zero-order chi connectivity index (χ0) is 16.9. The van der Waals surface area contributed by atoms with Crippen molar-refractivity contribution in [1.29, 1.82) is 0 Å². The van der Waals surface area contributed by atoms with Crippen LogP contribution in [0.1, 0.15) is 49.4 Å². The van der Waals surface area contributed by atoms with Crippen LogP contribution in [-0.4, -0.2) is 28.3 Å². The number of nitrogens with zero attached hydrogens (tertiary/aromatic N) is 3. The van der Waals surface area contributed by atoms with Crippen molar-refractivity contribution in [1.82, 2.24) is 15.1 Å². The first-order valence-electron chi connectivity index (χ1n) is 8.64. The molecule has 0 spiro atoms. The van der Waals surface area contributed by atoms with E-state index < -0.39 is 0 Å². The van der Waals surface area contributed by atoms with Gasteiger partial charge >= 0.3 is 0 Å². The molecule has 1 saturated carbocycles. The molecule has 1 aromatic heterocycles. The number of aryl methyl sites for hydroxylation is 1. The summed E-state index contributed by atoms with van der Waals surface area (Å²) in [5.41, 5.74) is 1.70. The lowest BCUT2D eigenvalue weighted by atomic mass is 9.96. The molecule has 0 saturated heterocycles. The first-order chi connectivity index (χ1) is 11.7. The van der Waals surface area contributed by atoms with E-state index in [2.05, 4.69) is 10.4 Å². The molecule has 0 unspecified atom stereocenters. The minimum Gasteiger partial charge on any atom is -0.352 e. The molecule has 0 bridgehead atoms. The zero-order valence-corrected chi connectivity index (χ0v) is 15.1. The van der Waals surface area contributed by atoms with E-state index in [1.807, 2.05) is 42.9 Å². The molecule has 0 radical (unpaired) electrons. The van der Waals surface area contributed by atoms with Crippen LogP contribution < -0.4 is 10.1 Å². The lowest BCUT2D eigenvalue weighted by Crippen LogP contribution is -2.22. The maximum atomic E-state index is 11.8. The first-order valence-corrected chi connectivity index (χ1v) is 9.45. The van der Waals surface area contributed by atoms with Gasteiger partial charge in [0, 0.05) is 24.7 Å². The zero-order valence-electron chi connectivity index (χ0n) is 14.3. The molecule has 5 nitrogen and oxygen atoms in total. The van der Waals surface area contributed by atoms with E-state index in [1.165, 1.54) is 32.1 Å². The molecule has 1 N–H and O–H groups in total. The Bertz CT molecular complexity index is 754. The fraction of sp³-hybridized carbons (Fsp3) is 0.500. The summed E-state index contributed by atoms with van der Waals surface area (Å²) in [6.45, 7) is 2.55. The van der Waals surface area contributed by atoms with Gasteiger partial charge in [0.05, 0.1) is 6.04 Å². The molecule has 3 rings (SSSR count). The average Bonchev–Trinajstić information content (AvgIpc) is 2.97. The van der Waals surface area contributed by atoms with Crippen molar-refractivity contribution < 1.29 is 4.79 Å². The number of benzene rings is 1. The van der Waals surface area contributed by atoms with Crippen LogP contribution in [0.4, 0.5) is 0 Å². The van der Waals surface area contributed by atoms with Gasteiger partial charge in [0.2, 0.25) is 4.80 Å². The minimum atomic E-state index is -0.0401. The smallest absolute Gasteiger partial charge is 0.251 e. The second kappa shape index (κ2) is 7.75. The van der Waals surface area contributed by atoms with E-state index in [9.17, 15) is 4.79 Å². The highest BCUT2D eigenvalue weighted by molar-refractivity contribution is 7.12. The van der Waals surface area contributed by atoms with Gasteiger partial charge < -0.3 is 5.32 Å². The summed E-state index contributed by atoms with van der Waals surface area (Å²) in [7, 11) is 1.95. The van der Waals surface area contributed by atoms with Gasteiger partial charge in [-0.2, -0.15) is 5.10 Å². The third-order valence-corrected chi connectivity index (χ3v) is 5.37. The predicted molar refractivity (Wildman–Crippen MR) is 97.0 cm³/mol. The highest BCUT2D eigenvalue weighted by Gasteiger charge is 2.13. The van der Waals surface area contributed by atoms with E-state index in [-0.39, 0.29) is 5.91 Å². The number of aromatic nitrogens is 2. The average molecular weight is 344 g/mol. The Hall–Kier alpha value is -1.95. The monoisotopic (exact) mass is 344 g/mol. The van der Waals surface area contributed by atoms with Gasteiger partial charge in [-0.05, 0) is 31.9 Å². The Labute approximate surface area is 146 Å². The molecule has 1 amide bonds. The fourth-order valence-corrected chi connectivity index (χ4v) is 3.94. The predicted octanol–water partition coefficient (Wildman–Crippen LogP) is 3.13. The summed E-state index contributed by atoms with van der Waals surface area (Å²) in [5.74, 6) is -0.0401. The van der Waals surface area contributed by atoms with Crippen LogP contribution in [-0.2, 0) is 7.05 Å². The second-order valence-electron chi connectivity index (χ2n) is 6.17. The SMILES string of the molecule is CCNC(=O)c1ccc(-c2nn(C)/c(=N\C3CCCCC3)s2)cc1. The Morgan fingerprint density at radius 3 is 2.67 bits per heavy atom. The summed E-state index contributed by atoms with van der Waals surface area (Å²) in [4.78, 5) is 17.7. The van der Waals surface area contributed by atoms with Gasteiger partial charge in [-0.1, -0.05) is 42.7 Å². The van der Waals surface area contributed by atoms with Crippen LogP contribution in [0.2, 0.25) is 0 Å². The van der Waals surface area contributed by atoms with Crippen molar-refractivity contribution in [2.75, 3.05) is 6.54 Å². The topological polar surface area (TPSA) is 59.3 Å². The largest absolute Gasteiger partial charge is 0.352 e. The number of hydrogen-bond acceptors (Lipinski definition) is 4. The van der Waals surface area contributed by atoms with Gasteiger partial charge in [0.25, 0.3) is 5.91 Å².